The van der Waals surface area contributed by atoms with Crippen molar-refractivity contribution in [1.29, 1.82) is 0 Å². The second kappa shape index (κ2) is 6.87. The highest BCUT2D eigenvalue weighted by molar-refractivity contribution is 5.50. The molecular weight excluding hydrogens is 243 g/mol. The monoisotopic (exact) mass is 268 g/mol. The van der Waals surface area contributed by atoms with E-state index in [0.29, 0.717) is 0 Å². The first-order valence-corrected chi connectivity index (χ1v) is 6.61. The van der Waals surface area contributed by atoms with E-state index in [1.165, 1.54) is 12.7 Å². The van der Waals surface area contributed by atoms with Crippen LogP contribution in [0.5, 0.6) is 0 Å². The number of anilines is 1. The van der Waals surface area contributed by atoms with Crippen LogP contribution in [0.2, 0.25) is 0 Å². The molecule has 2 unspecified atom stereocenters. The summed E-state index contributed by atoms with van der Waals surface area (Å²) in [6.07, 6.45) is 0.833. The van der Waals surface area contributed by atoms with E-state index in [2.05, 4.69) is 11.4 Å². The summed E-state index contributed by atoms with van der Waals surface area (Å²) >= 11 is 0. The Hall–Kier alpha value is -1.13. The standard InChI is InChI=1S/C15H25FN2O/c1-11(18-9-15(3,16)10-19-4)8-13-6-5-7-14(17)12(13)2/h5-7,11,18H,8-10,17H2,1-4H3. The number of halogens is 1. The van der Waals surface area contributed by atoms with Gasteiger partial charge in [-0.15, -0.1) is 0 Å². The van der Waals surface area contributed by atoms with Gasteiger partial charge in [0.25, 0.3) is 0 Å². The van der Waals surface area contributed by atoms with Crippen molar-refractivity contribution < 1.29 is 9.13 Å². The fraction of sp³-hybridized carbons (Fsp3) is 0.600. The van der Waals surface area contributed by atoms with Gasteiger partial charge >= 0.3 is 0 Å². The highest BCUT2D eigenvalue weighted by atomic mass is 19.1. The Morgan fingerprint density at radius 3 is 2.79 bits per heavy atom. The predicted octanol–water partition coefficient (Wildman–Crippen LogP) is 2.47. The van der Waals surface area contributed by atoms with Crippen molar-refractivity contribution in [2.75, 3.05) is 26.0 Å². The maximum atomic E-state index is 13.9. The highest BCUT2D eigenvalue weighted by Crippen LogP contribution is 2.17. The van der Waals surface area contributed by atoms with Crippen LogP contribution in [0.25, 0.3) is 0 Å². The molecular formula is C15H25FN2O. The van der Waals surface area contributed by atoms with E-state index >= 15 is 0 Å². The summed E-state index contributed by atoms with van der Waals surface area (Å²) in [6.45, 7) is 5.99. The van der Waals surface area contributed by atoms with Gasteiger partial charge in [0.05, 0.1) is 6.61 Å². The third-order valence-electron chi connectivity index (χ3n) is 3.28. The second-order valence-electron chi connectivity index (χ2n) is 5.46. The average Bonchev–Trinajstić information content (AvgIpc) is 2.33. The van der Waals surface area contributed by atoms with Gasteiger partial charge < -0.3 is 15.8 Å². The van der Waals surface area contributed by atoms with Gasteiger partial charge in [0.2, 0.25) is 0 Å². The lowest BCUT2D eigenvalue weighted by Gasteiger charge is -2.23. The largest absolute Gasteiger partial charge is 0.399 e. The average molecular weight is 268 g/mol. The van der Waals surface area contributed by atoms with Crippen molar-refractivity contribution >= 4 is 5.69 Å². The number of hydrogen-bond acceptors (Lipinski definition) is 3. The molecule has 0 aliphatic heterocycles. The Kier molecular flexibility index (Phi) is 5.76. The number of rotatable bonds is 7. The van der Waals surface area contributed by atoms with Crippen LogP contribution in [0.1, 0.15) is 25.0 Å². The van der Waals surface area contributed by atoms with E-state index in [1.807, 2.05) is 26.0 Å². The molecule has 0 heterocycles. The van der Waals surface area contributed by atoms with Crippen LogP contribution in [0.3, 0.4) is 0 Å². The van der Waals surface area contributed by atoms with Gasteiger partial charge in [-0.3, -0.25) is 0 Å². The third-order valence-corrected chi connectivity index (χ3v) is 3.28. The van der Waals surface area contributed by atoms with Crippen LogP contribution >= 0.6 is 0 Å². The van der Waals surface area contributed by atoms with E-state index in [4.69, 9.17) is 10.5 Å². The van der Waals surface area contributed by atoms with Crippen molar-refractivity contribution in [3.63, 3.8) is 0 Å². The number of nitrogens with two attached hydrogens (primary N) is 1. The smallest absolute Gasteiger partial charge is 0.143 e. The number of benzene rings is 1. The lowest BCUT2D eigenvalue weighted by molar-refractivity contribution is 0.0530. The fourth-order valence-electron chi connectivity index (χ4n) is 2.07. The molecule has 3 N–H and O–H groups in total. The molecule has 108 valence electrons. The molecule has 1 aromatic carbocycles. The zero-order valence-electron chi connectivity index (χ0n) is 12.3. The molecule has 0 bridgehead atoms. The van der Waals surface area contributed by atoms with Crippen molar-refractivity contribution in [2.45, 2.75) is 38.9 Å². The minimum Gasteiger partial charge on any atom is -0.399 e. The first-order chi connectivity index (χ1) is 8.85. The van der Waals surface area contributed by atoms with Gasteiger partial charge in [-0.2, -0.15) is 0 Å². The Balaban J connectivity index is 2.51. The van der Waals surface area contributed by atoms with Crippen LogP contribution in [-0.4, -0.2) is 32.0 Å². The van der Waals surface area contributed by atoms with Crippen molar-refractivity contribution in [3.8, 4) is 0 Å². The Bertz CT molecular complexity index is 407. The Labute approximate surface area is 115 Å². The van der Waals surface area contributed by atoms with E-state index in [-0.39, 0.29) is 19.2 Å². The summed E-state index contributed by atoms with van der Waals surface area (Å²) in [4.78, 5) is 0. The zero-order chi connectivity index (χ0) is 14.5. The molecule has 0 spiro atoms. The number of ether oxygens (including phenoxy) is 1. The molecule has 0 aromatic heterocycles. The minimum absolute atomic E-state index is 0.101. The van der Waals surface area contributed by atoms with Crippen LogP contribution < -0.4 is 11.1 Å². The number of alkyl halides is 1. The van der Waals surface area contributed by atoms with E-state index < -0.39 is 5.67 Å². The highest BCUT2D eigenvalue weighted by Gasteiger charge is 2.23. The molecule has 0 radical (unpaired) electrons. The number of nitrogen functional groups attached to an aromatic ring is 1. The molecule has 0 saturated heterocycles. The number of hydrogen-bond donors (Lipinski definition) is 2. The predicted molar refractivity (Wildman–Crippen MR) is 78.1 cm³/mol. The van der Waals surface area contributed by atoms with Gasteiger partial charge in [0, 0.05) is 25.4 Å². The summed E-state index contributed by atoms with van der Waals surface area (Å²) in [7, 11) is 1.51. The molecule has 0 aliphatic rings. The molecule has 0 aliphatic carbocycles. The summed E-state index contributed by atoms with van der Waals surface area (Å²) in [6, 6.07) is 6.10. The summed E-state index contributed by atoms with van der Waals surface area (Å²) in [5.74, 6) is 0. The lowest BCUT2D eigenvalue weighted by Crippen LogP contribution is -2.42. The molecule has 1 aromatic rings. The summed E-state index contributed by atoms with van der Waals surface area (Å²) in [5, 5.41) is 3.21. The van der Waals surface area contributed by atoms with Gasteiger partial charge in [0.1, 0.15) is 5.67 Å². The first-order valence-electron chi connectivity index (χ1n) is 6.61. The molecule has 1 rings (SSSR count). The third kappa shape index (κ3) is 5.17. The van der Waals surface area contributed by atoms with Crippen LogP contribution in [-0.2, 0) is 11.2 Å². The minimum atomic E-state index is -1.34. The topological polar surface area (TPSA) is 47.3 Å². The first kappa shape index (κ1) is 15.9. The molecule has 4 heteroatoms. The van der Waals surface area contributed by atoms with E-state index in [9.17, 15) is 4.39 Å². The van der Waals surface area contributed by atoms with Crippen LogP contribution in [0, 0.1) is 6.92 Å². The van der Waals surface area contributed by atoms with Crippen LogP contribution in [0.4, 0.5) is 10.1 Å². The quantitative estimate of drug-likeness (QED) is 0.747. The normalized spacial score (nSPS) is 16.1. The van der Waals surface area contributed by atoms with Gasteiger partial charge in [0.15, 0.2) is 0 Å². The molecule has 0 fully saturated rings. The fourth-order valence-corrected chi connectivity index (χ4v) is 2.07. The lowest BCUT2D eigenvalue weighted by atomic mass is 10.00. The maximum absolute atomic E-state index is 13.9. The zero-order valence-corrected chi connectivity index (χ0v) is 12.3. The van der Waals surface area contributed by atoms with Crippen molar-refractivity contribution in [3.05, 3.63) is 29.3 Å². The van der Waals surface area contributed by atoms with Gasteiger partial charge in [-0.05, 0) is 44.4 Å². The Morgan fingerprint density at radius 1 is 1.47 bits per heavy atom. The maximum Gasteiger partial charge on any atom is 0.143 e. The SMILES string of the molecule is COCC(C)(F)CNC(C)Cc1cccc(N)c1C. The number of nitrogens with one attached hydrogen (secondary N) is 1. The summed E-state index contributed by atoms with van der Waals surface area (Å²) < 4.78 is 18.8. The van der Waals surface area contributed by atoms with Crippen LogP contribution in [0.15, 0.2) is 18.2 Å². The second-order valence-corrected chi connectivity index (χ2v) is 5.46. The molecule has 19 heavy (non-hydrogen) atoms. The molecule has 0 saturated carbocycles. The number of methoxy groups -OCH3 is 1. The summed E-state index contributed by atoms with van der Waals surface area (Å²) in [5.41, 5.74) is 7.66. The van der Waals surface area contributed by atoms with Gasteiger partial charge in [-0.25, -0.2) is 4.39 Å². The van der Waals surface area contributed by atoms with E-state index in [0.717, 1.165) is 17.7 Å². The molecule has 3 nitrogen and oxygen atoms in total. The van der Waals surface area contributed by atoms with Crippen molar-refractivity contribution in [2.24, 2.45) is 0 Å². The molecule has 0 amide bonds. The van der Waals surface area contributed by atoms with Gasteiger partial charge in [-0.1, -0.05) is 12.1 Å². The molecule has 2 atom stereocenters. The van der Waals surface area contributed by atoms with E-state index in [1.54, 1.807) is 6.92 Å². The Morgan fingerprint density at radius 2 is 2.16 bits per heavy atom. The van der Waals surface area contributed by atoms with Crippen molar-refractivity contribution in [1.82, 2.24) is 5.32 Å².